The summed E-state index contributed by atoms with van der Waals surface area (Å²) in [4.78, 5) is 15.3. The van der Waals surface area contributed by atoms with Gasteiger partial charge in [0.05, 0.1) is 21.6 Å². The highest BCUT2D eigenvalue weighted by atomic mass is 35.5. The Morgan fingerprint density at radius 1 is 0.970 bits per heavy atom. The summed E-state index contributed by atoms with van der Waals surface area (Å²) >= 11 is 6.48. The van der Waals surface area contributed by atoms with Gasteiger partial charge in [-0.3, -0.25) is 4.98 Å². The van der Waals surface area contributed by atoms with Gasteiger partial charge in [-0.1, -0.05) is 30.7 Å². The molecule has 2 aromatic heterocycles. The molecule has 2 heterocycles. The predicted octanol–water partition coefficient (Wildman–Crippen LogP) is 5.33. The maximum absolute atomic E-state index is 6.48. The Hall–Kier alpha value is -3.42. The van der Waals surface area contributed by atoms with Crippen molar-refractivity contribution in [2.24, 2.45) is 0 Å². The molecule has 170 valence electrons. The molecule has 0 saturated carbocycles. The van der Waals surface area contributed by atoms with E-state index in [-0.39, 0.29) is 0 Å². The van der Waals surface area contributed by atoms with Crippen molar-refractivity contribution in [3.63, 3.8) is 0 Å². The number of pyridine rings is 1. The lowest BCUT2D eigenvalue weighted by molar-refractivity contribution is 0.245. The summed E-state index contributed by atoms with van der Waals surface area (Å²) in [6.45, 7) is 4.84. The molecule has 0 radical (unpaired) electrons. The monoisotopic (exact) mass is 463 g/mol. The number of fused-ring (bicyclic) bond motifs is 1. The number of hydrogen-bond acceptors (Lipinski definition) is 7. The number of likely N-dealkylation sites (N-methyl/N-ethyl adjacent to an activating group) is 1. The van der Waals surface area contributed by atoms with Crippen molar-refractivity contribution in [3.8, 4) is 11.5 Å². The first-order chi connectivity index (χ1) is 16.1. The van der Waals surface area contributed by atoms with Crippen LogP contribution in [-0.2, 0) is 6.61 Å². The number of benzene rings is 2. The van der Waals surface area contributed by atoms with Gasteiger partial charge in [-0.05, 0) is 56.1 Å². The van der Waals surface area contributed by atoms with Gasteiger partial charge in [0, 0.05) is 18.4 Å². The van der Waals surface area contributed by atoms with Crippen molar-refractivity contribution < 1.29 is 9.47 Å². The lowest BCUT2D eigenvalue weighted by atomic mass is 10.2. The van der Waals surface area contributed by atoms with Gasteiger partial charge in [0.25, 0.3) is 0 Å². The number of anilines is 2. The molecule has 1 N–H and O–H groups in total. The molecule has 0 saturated heterocycles. The van der Waals surface area contributed by atoms with Crippen LogP contribution in [0.2, 0.25) is 5.02 Å². The molecule has 0 atom stereocenters. The van der Waals surface area contributed by atoms with E-state index < -0.39 is 0 Å². The van der Waals surface area contributed by atoms with Crippen LogP contribution in [0.1, 0.15) is 12.6 Å². The standard InChI is InChI=1S/C25H26ClN5O2/c1-3-31(2)13-14-32-23-9-6-8-21-24(23)25(29-17-28-21)30-18-10-11-22(20(26)15-18)33-16-19-7-4-5-12-27-19/h4-12,15,17H,3,13-14,16H2,1-2H3,(H,28,29,30). The lowest BCUT2D eigenvalue weighted by Gasteiger charge is -2.16. The zero-order chi connectivity index (χ0) is 23.0. The van der Waals surface area contributed by atoms with Gasteiger partial charge in [-0.15, -0.1) is 0 Å². The van der Waals surface area contributed by atoms with Gasteiger partial charge in [-0.25, -0.2) is 9.97 Å². The van der Waals surface area contributed by atoms with Gasteiger partial charge >= 0.3 is 0 Å². The van der Waals surface area contributed by atoms with Crippen LogP contribution in [0, 0.1) is 0 Å². The number of aromatic nitrogens is 3. The highest BCUT2D eigenvalue weighted by Crippen LogP contribution is 2.34. The van der Waals surface area contributed by atoms with Crippen molar-refractivity contribution in [1.82, 2.24) is 19.9 Å². The zero-order valence-electron chi connectivity index (χ0n) is 18.7. The van der Waals surface area contributed by atoms with E-state index in [2.05, 4.69) is 39.1 Å². The van der Waals surface area contributed by atoms with Crippen LogP contribution in [0.4, 0.5) is 11.5 Å². The van der Waals surface area contributed by atoms with E-state index in [9.17, 15) is 0 Å². The van der Waals surface area contributed by atoms with E-state index in [1.807, 2.05) is 54.6 Å². The molecule has 8 heteroatoms. The summed E-state index contributed by atoms with van der Waals surface area (Å²) in [6.07, 6.45) is 3.27. The molecule has 0 amide bonds. The quantitative estimate of drug-likeness (QED) is 0.340. The van der Waals surface area contributed by atoms with Crippen LogP contribution in [0.25, 0.3) is 10.9 Å². The molecule has 33 heavy (non-hydrogen) atoms. The first-order valence-electron chi connectivity index (χ1n) is 10.8. The maximum atomic E-state index is 6.48. The third-order valence-corrected chi connectivity index (χ3v) is 5.49. The predicted molar refractivity (Wildman–Crippen MR) is 132 cm³/mol. The molecule has 4 aromatic rings. The maximum Gasteiger partial charge on any atom is 0.145 e. The van der Waals surface area contributed by atoms with Crippen LogP contribution < -0.4 is 14.8 Å². The molecule has 2 aromatic carbocycles. The highest BCUT2D eigenvalue weighted by Gasteiger charge is 2.12. The zero-order valence-corrected chi connectivity index (χ0v) is 19.4. The van der Waals surface area contributed by atoms with E-state index in [4.69, 9.17) is 21.1 Å². The Kier molecular flexibility index (Phi) is 7.55. The Labute approximate surface area is 198 Å². The van der Waals surface area contributed by atoms with E-state index in [1.54, 1.807) is 6.20 Å². The second-order valence-electron chi connectivity index (χ2n) is 7.50. The summed E-state index contributed by atoms with van der Waals surface area (Å²) in [6, 6.07) is 17.0. The van der Waals surface area contributed by atoms with Gasteiger partial charge in [0.1, 0.15) is 36.9 Å². The number of hydrogen-bond donors (Lipinski definition) is 1. The van der Waals surface area contributed by atoms with E-state index >= 15 is 0 Å². The molecule has 7 nitrogen and oxygen atoms in total. The van der Waals surface area contributed by atoms with E-state index in [0.717, 1.165) is 41.1 Å². The minimum absolute atomic E-state index is 0.345. The van der Waals surface area contributed by atoms with Crippen LogP contribution in [0.3, 0.4) is 0 Å². The van der Waals surface area contributed by atoms with Crippen LogP contribution in [0.5, 0.6) is 11.5 Å². The van der Waals surface area contributed by atoms with Crippen molar-refractivity contribution >= 4 is 34.0 Å². The number of halogens is 1. The van der Waals surface area contributed by atoms with Crippen molar-refractivity contribution in [2.75, 3.05) is 32.1 Å². The van der Waals surface area contributed by atoms with E-state index in [0.29, 0.717) is 29.8 Å². The Balaban J connectivity index is 1.51. The summed E-state index contributed by atoms with van der Waals surface area (Å²) < 4.78 is 11.9. The summed E-state index contributed by atoms with van der Waals surface area (Å²) in [5, 5.41) is 4.66. The third kappa shape index (κ3) is 5.88. The molecule has 0 fully saturated rings. The number of rotatable bonds is 10. The minimum atomic E-state index is 0.345. The van der Waals surface area contributed by atoms with Crippen molar-refractivity contribution in [1.29, 1.82) is 0 Å². The number of ether oxygens (including phenoxy) is 2. The molecule has 0 aliphatic carbocycles. The Morgan fingerprint density at radius 3 is 2.67 bits per heavy atom. The molecular weight excluding hydrogens is 438 g/mol. The number of nitrogens with one attached hydrogen (secondary N) is 1. The second-order valence-corrected chi connectivity index (χ2v) is 7.90. The summed E-state index contributed by atoms with van der Waals surface area (Å²) in [5.41, 5.74) is 2.42. The van der Waals surface area contributed by atoms with Gasteiger partial charge in [0.15, 0.2) is 0 Å². The molecule has 0 aliphatic rings. The fraction of sp³-hybridized carbons (Fsp3) is 0.240. The molecule has 0 spiro atoms. The van der Waals surface area contributed by atoms with Crippen molar-refractivity contribution in [2.45, 2.75) is 13.5 Å². The third-order valence-electron chi connectivity index (χ3n) is 5.19. The summed E-state index contributed by atoms with van der Waals surface area (Å²) in [7, 11) is 2.07. The largest absolute Gasteiger partial charge is 0.491 e. The highest BCUT2D eigenvalue weighted by molar-refractivity contribution is 6.32. The van der Waals surface area contributed by atoms with Gasteiger partial charge < -0.3 is 19.7 Å². The minimum Gasteiger partial charge on any atom is -0.491 e. The number of nitrogens with zero attached hydrogens (tertiary/aromatic N) is 4. The topological polar surface area (TPSA) is 72.4 Å². The van der Waals surface area contributed by atoms with Crippen LogP contribution in [0.15, 0.2) is 67.1 Å². The van der Waals surface area contributed by atoms with E-state index in [1.165, 1.54) is 6.33 Å². The molecule has 0 unspecified atom stereocenters. The molecule has 0 aliphatic heterocycles. The SMILES string of the molecule is CCN(C)CCOc1cccc2ncnc(Nc3ccc(OCc4ccccn4)c(Cl)c3)c12. The van der Waals surface area contributed by atoms with Crippen LogP contribution in [-0.4, -0.2) is 46.6 Å². The average Bonchev–Trinajstić information content (AvgIpc) is 2.84. The summed E-state index contributed by atoms with van der Waals surface area (Å²) in [5.74, 6) is 1.98. The molecular formula is C25H26ClN5O2. The average molecular weight is 464 g/mol. The fourth-order valence-corrected chi connectivity index (χ4v) is 3.47. The lowest BCUT2D eigenvalue weighted by Crippen LogP contribution is -2.23. The van der Waals surface area contributed by atoms with Gasteiger partial charge in [0.2, 0.25) is 0 Å². The molecule has 4 rings (SSSR count). The first-order valence-corrected chi connectivity index (χ1v) is 11.2. The Bertz CT molecular complexity index is 1200. The Morgan fingerprint density at radius 2 is 1.88 bits per heavy atom. The second kappa shape index (κ2) is 10.9. The fourth-order valence-electron chi connectivity index (χ4n) is 3.23. The van der Waals surface area contributed by atoms with Gasteiger partial charge in [-0.2, -0.15) is 0 Å². The van der Waals surface area contributed by atoms with Crippen LogP contribution >= 0.6 is 11.6 Å². The molecule has 0 bridgehead atoms. The smallest absolute Gasteiger partial charge is 0.145 e. The normalized spacial score (nSPS) is 11.0. The van der Waals surface area contributed by atoms with Crippen molar-refractivity contribution in [3.05, 3.63) is 77.8 Å². The first kappa shape index (κ1) is 22.8.